The second-order valence-corrected chi connectivity index (χ2v) is 5.72. The van der Waals surface area contributed by atoms with Gasteiger partial charge in [-0.1, -0.05) is 12.2 Å². The van der Waals surface area contributed by atoms with Gasteiger partial charge in [0.25, 0.3) is 0 Å². The summed E-state index contributed by atoms with van der Waals surface area (Å²) in [6, 6.07) is 8.34. The molecule has 1 aromatic rings. The molecule has 0 aliphatic carbocycles. The fraction of sp³-hybridized carbons (Fsp3) is 0.533. The summed E-state index contributed by atoms with van der Waals surface area (Å²) in [5, 5.41) is 3.35. The topological polar surface area (TPSA) is 28.9 Å². The van der Waals surface area contributed by atoms with Gasteiger partial charge >= 0.3 is 0 Å². The van der Waals surface area contributed by atoms with Crippen LogP contribution in [0.1, 0.15) is 5.56 Å². The van der Waals surface area contributed by atoms with E-state index in [1.165, 1.54) is 5.69 Å². The average molecular weight is 294 g/mol. The zero-order chi connectivity index (χ0) is 14.4. The van der Waals surface area contributed by atoms with Crippen molar-refractivity contribution in [2.75, 3.05) is 58.4 Å². The van der Waals surface area contributed by atoms with E-state index in [2.05, 4.69) is 34.5 Å². The number of hydrogen-bond donors (Lipinski definition) is 2. The van der Waals surface area contributed by atoms with Gasteiger partial charge in [0.15, 0.2) is 0 Å². The highest BCUT2D eigenvalue weighted by molar-refractivity contribution is 7.80. The van der Waals surface area contributed by atoms with Gasteiger partial charge < -0.3 is 19.9 Å². The first kappa shape index (κ1) is 15.2. The molecule has 1 saturated heterocycles. The predicted octanol–water partition coefficient (Wildman–Crippen LogP) is -0.0672. The molecule has 1 fully saturated rings. The van der Waals surface area contributed by atoms with E-state index < -0.39 is 0 Å². The third-order valence-corrected chi connectivity index (χ3v) is 3.99. The van der Waals surface area contributed by atoms with E-state index in [1.807, 2.05) is 14.1 Å². The smallest absolute Gasteiger partial charge is 0.106 e. The van der Waals surface area contributed by atoms with Crippen LogP contribution < -0.4 is 15.1 Å². The van der Waals surface area contributed by atoms with E-state index >= 15 is 0 Å². The fourth-order valence-electron chi connectivity index (χ4n) is 2.28. The van der Waals surface area contributed by atoms with E-state index in [0.717, 1.165) is 49.9 Å². The third kappa shape index (κ3) is 4.44. The van der Waals surface area contributed by atoms with Gasteiger partial charge in [-0.05, 0) is 24.3 Å². The molecule has 0 bridgehead atoms. The molecule has 2 N–H and O–H groups in total. The Hall–Kier alpha value is -1.17. The van der Waals surface area contributed by atoms with Crippen molar-refractivity contribution < 1.29 is 9.64 Å². The summed E-state index contributed by atoms with van der Waals surface area (Å²) >= 11 is 5.44. The highest BCUT2D eigenvalue weighted by Gasteiger charge is 2.13. The SMILES string of the molecule is CN(C)c1ccc(C(=S)NCC[NH+]2CCOCC2)cc1. The van der Waals surface area contributed by atoms with Gasteiger partial charge in [-0.2, -0.15) is 0 Å². The number of morpholine rings is 1. The molecule has 2 rings (SSSR count). The normalized spacial score (nSPS) is 15.9. The molecule has 1 aliphatic rings. The van der Waals surface area contributed by atoms with Crippen molar-refractivity contribution in [3.05, 3.63) is 29.8 Å². The van der Waals surface area contributed by atoms with Crippen LogP contribution in [0.3, 0.4) is 0 Å². The molecule has 0 amide bonds. The lowest BCUT2D eigenvalue weighted by atomic mass is 10.2. The minimum atomic E-state index is 0.836. The number of nitrogens with zero attached hydrogens (tertiary/aromatic N) is 1. The van der Waals surface area contributed by atoms with E-state index in [0.29, 0.717) is 0 Å². The Morgan fingerprint density at radius 1 is 1.25 bits per heavy atom. The van der Waals surface area contributed by atoms with Gasteiger partial charge in [0.05, 0.1) is 26.3 Å². The zero-order valence-corrected chi connectivity index (χ0v) is 13.1. The number of benzene rings is 1. The first-order valence-electron chi connectivity index (χ1n) is 7.14. The maximum atomic E-state index is 5.44. The standard InChI is InChI=1S/C15H23N3OS/c1-17(2)14-5-3-13(4-6-14)15(20)16-7-8-18-9-11-19-12-10-18/h3-6H,7-12H2,1-2H3,(H,16,20)/p+1. The summed E-state index contributed by atoms with van der Waals surface area (Å²) < 4.78 is 5.36. The lowest BCUT2D eigenvalue weighted by Gasteiger charge is -2.24. The second kappa shape index (κ2) is 7.57. The van der Waals surface area contributed by atoms with Crippen LogP contribution in [0, 0.1) is 0 Å². The second-order valence-electron chi connectivity index (χ2n) is 5.31. The highest BCUT2D eigenvalue weighted by Crippen LogP contribution is 2.12. The molecule has 0 unspecified atom stereocenters. The van der Waals surface area contributed by atoms with Gasteiger partial charge in [0.2, 0.25) is 0 Å². The molecule has 110 valence electrons. The number of nitrogens with one attached hydrogen (secondary N) is 2. The van der Waals surface area contributed by atoms with Crippen LogP contribution in [-0.2, 0) is 4.74 Å². The Bertz CT molecular complexity index is 427. The third-order valence-electron chi connectivity index (χ3n) is 3.61. The molecule has 0 atom stereocenters. The van der Waals surface area contributed by atoms with Crippen LogP contribution in [0.5, 0.6) is 0 Å². The summed E-state index contributed by atoms with van der Waals surface area (Å²) in [4.78, 5) is 4.51. The van der Waals surface area contributed by atoms with Gasteiger partial charge in [-0.15, -0.1) is 0 Å². The fourth-order valence-corrected chi connectivity index (χ4v) is 2.51. The van der Waals surface area contributed by atoms with Crippen molar-refractivity contribution in [3.63, 3.8) is 0 Å². The number of thiocarbonyl (C=S) groups is 1. The van der Waals surface area contributed by atoms with Crippen molar-refractivity contribution in [2.24, 2.45) is 0 Å². The molecule has 4 nitrogen and oxygen atoms in total. The van der Waals surface area contributed by atoms with Crippen molar-refractivity contribution in [1.82, 2.24) is 5.32 Å². The number of anilines is 1. The van der Waals surface area contributed by atoms with Crippen LogP contribution in [0.15, 0.2) is 24.3 Å². The maximum absolute atomic E-state index is 5.44. The van der Waals surface area contributed by atoms with Crippen LogP contribution in [0.2, 0.25) is 0 Å². The Morgan fingerprint density at radius 2 is 1.90 bits per heavy atom. The molecule has 0 aromatic heterocycles. The Labute approximate surface area is 126 Å². The number of ether oxygens (including phenoxy) is 1. The summed E-state index contributed by atoms with van der Waals surface area (Å²) in [5.41, 5.74) is 2.27. The van der Waals surface area contributed by atoms with E-state index in [9.17, 15) is 0 Å². The van der Waals surface area contributed by atoms with E-state index in [-0.39, 0.29) is 0 Å². The highest BCUT2D eigenvalue weighted by atomic mass is 32.1. The van der Waals surface area contributed by atoms with Gasteiger partial charge in [0, 0.05) is 25.3 Å². The molecular formula is C15H24N3OS+. The Kier molecular flexibility index (Phi) is 5.76. The molecule has 5 heteroatoms. The molecule has 1 aromatic carbocycles. The summed E-state index contributed by atoms with van der Waals surface area (Å²) in [6.07, 6.45) is 0. The van der Waals surface area contributed by atoms with Crippen molar-refractivity contribution in [1.29, 1.82) is 0 Å². The van der Waals surface area contributed by atoms with Crippen LogP contribution in [-0.4, -0.2) is 58.5 Å². The monoisotopic (exact) mass is 294 g/mol. The molecular weight excluding hydrogens is 270 g/mol. The number of rotatable bonds is 5. The van der Waals surface area contributed by atoms with Gasteiger partial charge in [-0.25, -0.2) is 0 Å². The molecule has 1 heterocycles. The molecule has 0 radical (unpaired) electrons. The van der Waals surface area contributed by atoms with Crippen LogP contribution >= 0.6 is 12.2 Å². The quantitative estimate of drug-likeness (QED) is 0.744. The first-order valence-corrected chi connectivity index (χ1v) is 7.54. The molecule has 20 heavy (non-hydrogen) atoms. The van der Waals surface area contributed by atoms with Gasteiger partial charge in [-0.3, -0.25) is 0 Å². The number of hydrogen-bond acceptors (Lipinski definition) is 3. The Balaban J connectivity index is 1.76. The minimum absolute atomic E-state index is 0.836. The summed E-state index contributed by atoms with van der Waals surface area (Å²) in [7, 11) is 4.08. The van der Waals surface area contributed by atoms with Crippen LogP contribution in [0.25, 0.3) is 0 Å². The van der Waals surface area contributed by atoms with Crippen molar-refractivity contribution >= 4 is 22.9 Å². The lowest BCUT2D eigenvalue weighted by molar-refractivity contribution is -0.906. The maximum Gasteiger partial charge on any atom is 0.106 e. The summed E-state index contributed by atoms with van der Waals surface area (Å²) in [6.45, 7) is 5.98. The van der Waals surface area contributed by atoms with E-state index in [4.69, 9.17) is 17.0 Å². The summed E-state index contributed by atoms with van der Waals surface area (Å²) in [5.74, 6) is 0. The molecule has 0 spiro atoms. The van der Waals surface area contributed by atoms with Crippen LogP contribution in [0.4, 0.5) is 5.69 Å². The van der Waals surface area contributed by atoms with Crippen molar-refractivity contribution in [2.45, 2.75) is 0 Å². The first-order chi connectivity index (χ1) is 9.66. The number of quaternary nitrogens is 1. The van der Waals surface area contributed by atoms with Gasteiger partial charge in [0.1, 0.15) is 18.1 Å². The zero-order valence-electron chi connectivity index (χ0n) is 12.3. The average Bonchev–Trinajstić information content (AvgIpc) is 2.48. The molecule has 1 aliphatic heterocycles. The Morgan fingerprint density at radius 3 is 2.50 bits per heavy atom. The predicted molar refractivity (Wildman–Crippen MR) is 86.9 cm³/mol. The minimum Gasteiger partial charge on any atom is -0.378 e. The lowest BCUT2D eigenvalue weighted by Crippen LogP contribution is -3.14. The molecule has 0 saturated carbocycles. The largest absolute Gasteiger partial charge is 0.378 e. The van der Waals surface area contributed by atoms with Crippen molar-refractivity contribution in [3.8, 4) is 0 Å². The van der Waals surface area contributed by atoms with E-state index in [1.54, 1.807) is 4.90 Å².